The zero-order chi connectivity index (χ0) is 30.6. The van der Waals surface area contributed by atoms with Gasteiger partial charge < -0.3 is 25.8 Å². The van der Waals surface area contributed by atoms with Crippen LogP contribution in [0.1, 0.15) is 40.6 Å². The number of aliphatic hydroxyl groups is 1. The molecule has 224 valence electrons. The number of thiophene rings is 1. The van der Waals surface area contributed by atoms with Gasteiger partial charge in [0.2, 0.25) is 0 Å². The van der Waals surface area contributed by atoms with Gasteiger partial charge in [-0.05, 0) is 86.3 Å². The predicted octanol–water partition coefficient (Wildman–Crippen LogP) is 5.34. The number of anilines is 3. The number of aliphatic hydroxyl groups excluding tert-OH is 1. The van der Waals surface area contributed by atoms with Crippen LogP contribution in [0.2, 0.25) is 0 Å². The van der Waals surface area contributed by atoms with Crippen molar-refractivity contribution in [2.24, 2.45) is 4.99 Å². The summed E-state index contributed by atoms with van der Waals surface area (Å²) in [5.41, 5.74) is 5.00. The highest BCUT2D eigenvalue weighted by molar-refractivity contribution is 7.13. The second kappa shape index (κ2) is 12.8. The number of amides is 3. The summed E-state index contributed by atoms with van der Waals surface area (Å²) in [6.45, 7) is 5.27. The maximum atomic E-state index is 13.7. The minimum Gasteiger partial charge on any atom is -0.457 e. The zero-order valence-corrected chi connectivity index (χ0v) is 25.3. The first-order valence-corrected chi connectivity index (χ1v) is 15.3. The molecule has 0 saturated carbocycles. The van der Waals surface area contributed by atoms with Crippen LogP contribution in [-0.4, -0.2) is 36.4 Å². The highest BCUT2D eigenvalue weighted by Crippen LogP contribution is 2.31. The number of nitrogens with one attached hydrogen (secondary N) is 3. The fraction of sp³-hybridized carbons (Fsp3) is 0.206. The minimum absolute atomic E-state index is 0.0754. The second-order valence-corrected chi connectivity index (χ2v) is 11.7. The molecule has 0 atom stereocenters. The van der Waals surface area contributed by atoms with Gasteiger partial charge >= 0.3 is 6.03 Å². The molecular formula is C34H33N5O4S. The largest absolute Gasteiger partial charge is 0.457 e. The summed E-state index contributed by atoms with van der Waals surface area (Å²) < 4.78 is 6.88. The molecule has 9 nitrogen and oxygen atoms in total. The van der Waals surface area contributed by atoms with Crippen LogP contribution in [0.3, 0.4) is 0 Å². The van der Waals surface area contributed by atoms with Gasteiger partial charge in [0.25, 0.3) is 5.91 Å². The molecule has 0 unspecified atom stereocenters. The van der Waals surface area contributed by atoms with E-state index in [1.54, 1.807) is 4.90 Å². The number of urea groups is 1. The van der Waals surface area contributed by atoms with Crippen molar-refractivity contribution in [1.82, 2.24) is 5.32 Å². The predicted molar refractivity (Wildman–Crippen MR) is 176 cm³/mol. The van der Waals surface area contributed by atoms with Crippen LogP contribution in [0.4, 0.5) is 21.9 Å². The summed E-state index contributed by atoms with van der Waals surface area (Å²) >= 11 is 1.37. The number of hydrogen-bond donors (Lipinski definition) is 4. The Hall–Kier alpha value is -4.77. The molecule has 2 aliphatic rings. The zero-order valence-electron chi connectivity index (χ0n) is 24.5. The van der Waals surface area contributed by atoms with E-state index < -0.39 is 6.03 Å². The van der Waals surface area contributed by atoms with Crippen molar-refractivity contribution < 1.29 is 19.4 Å². The van der Waals surface area contributed by atoms with Crippen LogP contribution in [0, 0.1) is 6.92 Å². The number of aliphatic imine (C=N–C) groups is 1. The van der Waals surface area contributed by atoms with Crippen molar-refractivity contribution in [3.63, 3.8) is 0 Å². The van der Waals surface area contributed by atoms with Crippen molar-refractivity contribution in [3.8, 4) is 11.5 Å². The Morgan fingerprint density at radius 3 is 2.59 bits per heavy atom. The Kier molecular flexibility index (Phi) is 8.56. The van der Waals surface area contributed by atoms with Crippen LogP contribution in [0.25, 0.3) is 11.4 Å². The van der Waals surface area contributed by atoms with Crippen LogP contribution >= 0.6 is 11.3 Å². The number of rotatable bonds is 9. The number of para-hydroxylation sites is 1. The maximum Gasteiger partial charge on any atom is 0.332 e. The third kappa shape index (κ3) is 6.00. The van der Waals surface area contributed by atoms with E-state index in [1.165, 1.54) is 11.3 Å². The SMILES string of the molecule is C/C1=c2/sc(C(=O)Nc3ccc(CNCCO)c(C)c3)c3c2=C(/N=C\CC1)N(c1ccc(Oc2ccccc2)cc1)C(=O)N3. The van der Waals surface area contributed by atoms with E-state index in [0.717, 1.165) is 45.0 Å². The van der Waals surface area contributed by atoms with Crippen molar-refractivity contribution in [2.45, 2.75) is 33.2 Å². The topological polar surface area (TPSA) is 115 Å². The van der Waals surface area contributed by atoms with E-state index >= 15 is 0 Å². The van der Waals surface area contributed by atoms with Gasteiger partial charge in [0.05, 0.1) is 23.2 Å². The maximum absolute atomic E-state index is 13.7. The first-order chi connectivity index (χ1) is 21.4. The van der Waals surface area contributed by atoms with Gasteiger partial charge in [-0.1, -0.05) is 29.8 Å². The van der Waals surface area contributed by atoms with Crippen LogP contribution in [0.5, 0.6) is 11.5 Å². The Balaban J connectivity index is 1.35. The number of carbonyl (C=O) groups excluding carboxylic acids is 2. The number of benzene rings is 3. The molecule has 0 saturated heterocycles. The van der Waals surface area contributed by atoms with Crippen molar-refractivity contribution in [1.29, 1.82) is 0 Å². The number of nitrogens with zero attached hydrogens (tertiary/aromatic N) is 2. The lowest BCUT2D eigenvalue weighted by Gasteiger charge is -2.27. The standard InChI is InChI=1S/C34H33N5O4S/c1-21-7-6-16-36-32-28-29(38-34(42)39(32)25-12-14-27(15-13-25)43-26-8-4-3-5-9-26)31(44-30(21)28)33(41)37-24-11-10-23(22(2)19-24)20-35-17-18-40/h3-5,8-16,19,35,40H,6-7,17-18,20H2,1-2H3,(H,37,41)(H,38,42)/b30-21-,36-16-. The summed E-state index contributed by atoms with van der Waals surface area (Å²) in [5.74, 6) is 1.56. The number of aryl methyl sites for hydroxylation is 1. The Morgan fingerprint density at radius 1 is 1.07 bits per heavy atom. The number of hydrogen-bond acceptors (Lipinski definition) is 7. The summed E-state index contributed by atoms with van der Waals surface area (Å²) in [4.78, 5) is 34.1. The molecule has 10 heteroatoms. The van der Waals surface area contributed by atoms with Gasteiger partial charge in [-0.25, -0.2) is 14.7 Å². The summed E-state index contributed by atoms with van der Waals surface area (Å²) in [7, 11) is 0. The molecule has 4 N–H and O–H groups in total. The molecule has 0 spiro atoms. The Morgan fingerprint density at radius 2 is 1.84 bits per heavy atom. The van der Waals surface area contributed by atoms with E-state index in [2.05, 4.69) is 22.9 Å². The van der Waals surface area contributed by atoms with E-state index in [1.807, 2.05) is 85.9 Å². The summed E-state index contributed by atoms with van der Waals surface area (Å²) in [6, 6.07) is 22.1. The number of carbonyl (C=O) groups is 2. The molecule has 0 radical (unpaired) electrons. The molecule has 6 rings (SSSR count). The van der Waals surface area contributed by atoms with Gasteiger partial charge in [0.1, 0.15) is 16.4 Å². The van der Waals surface area contributed by atoms with E-state index in [-0.39, 0.29) is 12.5 Å². The van der Waals surface area contributed by atoms with E-state index in [0.29, 0.717) is 46.6 Å². The molecule has 0 aliphatic carbocycles. The van der Waals surface area contributed by atoms with Crippen LogP contribution < -0.4 is 35.3 Å². The lowest BCUT2D eigenvalue weighted by Crippen LogP contribution is -2.45. The summed E-state index contributed by atoms with van der Waals surface area (Å²) in [6.07, 6.45) is 3.36. The summed E-state index contributed by atoms with van der Waals surface area (Å²) in [5, 5.41) is 19.0. The van der Waals surface area contributed by atoms with E-state index in [4.69, 9.17) is 14.8 Å². The average Bonchev–Trinajstić information content (AvgIpc) is 3.39. The first kappa shape index (κ1) is 29.3. The molecule has 2 aliphatic heterocycles. The van der Waals surface area contributed by atoms with Crippen molar-refractivity contribution in [3.05, 3.63) is 98.6 Å². The highest BCUT2D eigenvalue weighted by atomic mass is 32.1. The van der Waals surface area contributed by atoms with Crippen LogP contribution in [-0.2, 0) is 6.54 Å². The minimum atomic E-state index is -0.395. The Bertz CT molecular complexity index is 1870. The highest BCUT2D eigenvalue weighted by Gasteiger charge is 2.32. The molecule has 3 amide bonds. The fourth-order valence-electron chi connectivity index (χ4n) is 5.25. The lowest BCUT2D eigenvalue weighted by atomic mass is 10.1. The van der Waals surface area contributed by atoms with Gasteiger partial charge in [-0.3, -0.25) is 4.79 Å². The van der Waals surface area contributed by atoms with Crippen molar-refractivity contribution in [2.75, 3.05) is 28.7 Å². The molecule has 1 aromatic heterocycles. The lowest BCUT2D eigenvalue weighted by molar-refractivity contribution is 0.103. The quantitative estimate of drug-likeness (QED) is 0.192. The molecule has 0 fully saturated rings. The fourth-order valence-corrected chi connectivity index (χ4v) is 6.43. The third-order valence-corrected chi connectivity index (χ3v) is 8.86. The van der Waals surface area contributed by atoms with Gasteiger partial charge in [0, 0.05) is 29.5 Å². The molecular weight excluding hydrogens is 574 g/mol. The van der Waals surface area contributed by atoms with Gasteiger partial charge in [-0.2, -0.15) is 0 Å². The molecule has 0 bridgehead atoms. The molecule has 3 heterocycles. The normalized spacial score (nSPS) is 16.0. The molecule has 3 aromatic carbocycles. The first-order valence-electron chi connectivity index (χ1n) is 14.5. The average molecular weight is 608 g/mol. The smallest absolute Gasteiger partial charge is 0.332 e. The second-order valence-electron chi connectivity index (χ2n) is 10.6. The Labute approximate surface area is 259 Å². The van der Waals surface area contributed by atoms with Crippen LogP contribution in [0.15, 0.2) is 77.8 Å². The third-order valence-electron chi connectivity index (χ3n) is 7.51. The molecule has 44 heavy (non-hydrogen) atoms. The van der Waals surface area contributed by atoms with Crippen molar-refractivity contribution >= 4 is 57.9 Å². The van der Waals surface area contributed by atoms with Gasteiger partial charge in [-0.15, -0.1) is 11.3 Å². The number of ether oxygens (including phenoxy) is 1. The monoisotopic (exact) mass is 607 g/mol. The van der Waals surface area contributed by atoms with Gasteiger partial charge in [0.15, 0.2) is 5.82 Å². The molecule has 4 aromatic rings. The van der Waals surface area contributed by atoms with E-state index in [9.17, 15) is 9.59 Å².